The Morgan fingerprint density at radius 3 is 2.34 bits per heavy atom. The van der Waals surface area contributed by atoms with Crippen LogP contribution >= 0.6 is 11.6 Å². The number of anilines is 3. The van der Waals surface area contributed by atoms with Crippen molar-refractivity contribution in [2.24, 2.45) is 0 Å². The maximum Gasteiger partial charge on any atom is 0.326 e. The number of pyridine rings is 1. The van der Waals surface area contributed by atoms with Gasteiger partial charge in [0.25, 0.3) is 16.8 Å². The first-order valence-corrected chi connectivity index (χ1v) is 10.3. The van der Waals surface area contributed by atoms with Gasteiger partial charge in [0.15, 0.2) is 0 Å². The average molecular weight is 457 g/mol. The van der Waals surface area contributed by atoms with Crippen LogP contribution in [0.15, 0.2) is 52.2 Å². The molecule has 1 amide bonds. The van der Waals surface area contributed by atoms with Gasteiger partial charge in [0.05, 0.1) is 11.9 Å². The van der Waals surface area contributed by atoms with E-state index in [1.54, 1.807) is 36.4 Å². The van der Waals surface area contributed by atoms with Gasteiger partial charge in [0, 0.05) is 18.5 Å². The van der Waals surface area contributed by atoms with Crippen LogP contribution in [-0.2, 0) is 11.2 Å². The van der Waals surface area contributed by atoms with Gasteiger partial charge in [-0.25, -0.2) is 9.78 Å². The Morgan fingerprint density at radius 2 is 1.75 bits per heavy atom. The fourth-order valence-corrected chi connectivity index (χ4v) is 3.12. The van der Waals surface area contributed by atoms with E-state index in [-0.39, 0.29) is 23.7 Å². The largest absolute Gasteiger partial charge is 0.480 e. The van der Waals surface area contributed by atoms with Gasteiger partial charge in [-0.2, -0.15) is 0 Å². The highest BCUT2D eigenvalue weighted by atomic mass is 35.5. The maximum absolute atomic E-state index is 12.4. The first kappa shape index (κ1) is 23.0. The molecule has 3 aromatic rings. The van der Waals surface area contributed by atoms with Gasteiger partial charge in [-0.15, -0.1) is 0 Å². The molecule has 0 radical (unpaired) electrons. The summed E-state index contributed by atoms with van der Waals surface area (Å²) >= 11 is 5.72. The monoisotopic (exact) mass is 456 g/mol. The Morgan fingerprint density at radius 1 is 1.06 bits per heavy atom. The summed E-state index contributed by atoms with van der Waals surface area (Å²) in [5.41, 5.74) is 0.206. The van der Waals surface area contributed by atoms with E-state index in [4.69, 9.17) is 11.6 Å². The first-order valence-electron chi connectivity index (χ1n) is 9.88. The van der Waals surface area contributed by atoms with Crippen LogP contribution in [-0.4, -0.2) is 34.6 Å². The highest BCUT2D eigenvalue weighted by Crippen LogP contribution is 2.18. The third-order valence-corrected chi connectivity index (χ3v) is 4.94. The number of carbonyl (C=O) groups excluding carboxylic acids is 1. The lowest BCUT2D eigenvalue weighted by atomic mass is 10.0. The normalized spacial score (nSPS) is 11.7. The molecule has 0 unspecified atom stereocenters. The third-order valence-electron chi connectivity index (χ3n) is 4.72. The van der Waals surface area contributed by atoms with Gasteiger partial charge >= 0.3 is 5.97 Å². The molecule has 4 N–H and O–H groups in total. The second-order valence-corrected chi connectivity index (χ2v) is 7.48. The lowest BCUT2D eigenvalue weighted by Crippen LogP contribution is -2.42. The van der Waals surface area contributed by atoms with Crippen LogP contribution in [0.5, 0.6) is 0 Å². The van der Waals surface area contributed by atoms with Crippen molar-refractivity contribution in [1.29, 1.82) is 0 Å². The van der Waals surface area contributed by atoms with E-state index in [1.807, 2.05) is 6.92 Å². The van der Waals surface area contributed by atoms with E-state index in [2.05, 4.69) is 20.9 Å². The molecule has 0 aliphatic rings. The van der Waals surface area contributed by atoms with E-state index in [0.717, 1.165) is 6.42 Å². The van der Waals surface area contributed by atoms with Crippen molar-refractivity contribution in [2.45, 2.75) is 25.8 Å². The fraction of sp³-hybridized carbons (Fsp3) is 0.227. The minimum absolute atomic E-state index is 0.0107. The molecule has 10 heteroatoms. The van der Waals surface area contributed by atoms with Crippen molar-refractivity contribution in [3.05, 3.63) is 79.3 Å². The number of aliphatic carboxylic acids is 1. The molecule has 2 aromatic carbocycles. The molecule has 1 atom stereocenters. The van der Waals surface area contributed by atoms with Crippen LogP contribution in [0.3, 0.4) is 0 Å². The predicted octanol–water partition coefficient (Wildman–Crippen LogP) is 2.51. The minimum Gasteiger partial charge on any atom is -0.480 e. The number of carboxylic acids is 1. The van der Waals surface area contributed by atoms with Crippen molar-refractivity contribution in [3.63, 3.8) is 0 Å². The zero-order valence-corrected chi connectivity index (χ0v) is 17.9. The standard InChI is InChI=1S/C22H21ClN4O5/c1-2-9-24-17-18(20(29)19(17)28)27-15(22(31)32)10-12-3-5-13(6-4-12)21(30)26-14-7-8-16(23)25-11-14/h3-8,11,15,24,27H,2,9-10H2,1H3,(H,26,30)(H,31,32)/t15-/m0/s1. The Bertz CT molecular complexity index is 1180. The topological polar surface area (TPSA) is 137 Å². The Kier molecular flexibility index (Phi) is 7.21. The zero-order valence-electron chi connectivity index (χ0n) is 17.1. The number of aromatic nitrogens is 1. The first-order chi connectivity index (χ1) is 15.3. The zero-order chi connectivity index (χ0) is 23.3. The van der Waals surface area contributed by atoms with Crippen molar-refractivity contribution in [3.8, 4) is 0 Å². The van der Waals surface area contributed by atoms with Crippen molar-refractivity contribution >= 4 is 40.5 Å². The number of carboxylic acid groups (broad SMARTS) is 1. The van der Waals surface area contributed by atoms with E-state index in [9.17, 15) is 24.3 Å². The van der Waals surface area contributed by atoms with Crippen LogP contribution in [0, 0.1) is 0 Å². The minimum atomic E-state index is -1.17. The second kappa shape index (κ2) is 10.1. The van der Waals surface area contributed by atoms with Gasteiger partial charge in [0.2, 0.25) is 0 Å². The summed E-state index contributed by atoms with van der Waals surface area (Å²) in [6.45, 7) is 2.40. The highest BCUT2D eigenvalue weighted by Gasteiger charge is 2.26. The van der Waals surface area contributed by atoms with Crippen LogP contribution in [0.2, 0.25) is 5.15 Å². The quantitative estimate of drug-likeness (QED) is 0.270. The molecule has 0 spiro atoms. The molecule has 0 saturated heterocycles. The number of amides is 1. The molecule has 0 aliphatic carbocycles. The molecule has 166 valence electrons. The number of hydrogen-bond donors (Lipinski definition) is 4. The average Bonchev–Trinajstić information content (AvgIpc) is 2.79. The van der Waals surface area contributed by atoms with Crippen LogP contribution in [0.1, 0.15) is 29.3 Å². The van der Waals surface area contributed by atoms with Crippen molar-refractivity contribution in [1.82, 2.24) is 4.98 Å². The van der Waals surface area contributed by atoms with Crippen molar-refractivity contribution in [2.75, 3.05) is 22.5 Å². The molecule has 3 rings (SSSR count). The van der Waals surface area contributed by atoms with E-state index < -0.39 is 22.9 Å². The smallest absolute Gasteiger partial charge is 0.326 e. The molecule has 0 bridgehead atoms. The van der Waals surface area contributed by atoms with Gasteiger partial charge in [0.1, 0.15) is 22.6 Å². The summed E-state index contributed by atoms with van der Waals surface area (Å²) in [6.07, 6.45) is 2.22. The molecular formula is C22H21ClN4O5. The highest BCUT2D eigenvalue weighted by molar-refractivity contribution is 6.29. The lowest BCUT2D eigenvalue weighted by molar-refractivity contribution is -0.137. The Balaban J connectivity index is 1.67. The molecule has 1 heterocycles. The fourth-order valence-electron chi connectivity index (χ4n) is 3.00. The Hall–Kier alpha value is -3.72. The SMILES string of the molecule is CCCNc1c(N[C@@H](Cc2ccc(C(=O)Nc3ccc(Cl)nc3)cc2)C(=O)O)c(=O)c1=O. The molecule has 0 fully saturated rings. The van der Waals surface area contributed by atoms with E-state index in [1.165, 1.54) is 6.20 Å². The summed E-state index contributed by atoms with van der Waals surface area (Å²) in [6, 6.07) is 8.45. The number of carbonyl (C=O) groups is 2. The molecule has 0 aliphatic heterocycles. The molecular weight excluding hydrogens is 436 g/mol. The molecule has 32 heavy (non-hydrogen) atoms. The lowest BCUT2D eigenvalue weighted by Gasteiger charge is -2.19. The van der Waals surface area contributed by atoms with Gasteiger partial charge in [-0.3, -0.25) is 14.4 Å². The molecule has 0 saturated carbocycles. The number of halogens is 1. The number of rotatable bonds is 10. The summed E-state index contributed by atoms with van der Waals surface area (Å²) in [7, 11) is 0. The number of benzene rings is 1. The van der Waals surface area contributed by atoms with E-state index >= 15 is 0 Å². The number of nitrogens with one attached hydrogen (secondary N) is 3. The number of nitrogens with zero attached hydrogens (tertiary/aromatic N) is 1. The summed E-state index contributed by atoms with van der Waals surface area (Å²) in [4.78, 5) is 51.6. The molecule has 9 nitrogen and oxygen atoms in total. The third kappa shape index (κ3) is 5.30. The number of hydrogen-bond acceptors (Lipinski definition) is 7. The van der Waals surface area contributed by atoms with E-state index in [0.29, 0.717) is 28.5 Å². The molecule has 1 aromatic heterocycles. The Labute approximate surface area is 188 Å². The van der Waals surface area contributed by atoms with Gasteiger partial charge in [-0.1, -0.05) is 30.7 Å². The van der Waals surface area contributed by atoms with Crippen LogP contribution in [0.4, 0.5) is 17.1 Å². The predicted molar refractivity (Wildman–Crippen MR) is 123 cm³/mol. The van der Waals surface area contributed by atoms with Gasteiger partial charge in [-0.05, 0) is 36.2 Å². The van der Waals surface area contributed by atoms with Crippen LogP contribution in [0.25, 0.3) is 0 Å². The van der Waals surface area contributed by atoms with Crippen molar-refractivity contribution < 1.29 is 14.7 Å². The summed E-state index contributed by atoms with van der Waals surface area (Å²) < 4.78 is 0. The maximum atomic E-state index is 12.4. The summed E-state index contributed by atoms with van der Waals surface area (Å²) in [5.74, 6) is -1.53. The second-order valence-electron chi connectivity index (χ2n) is 7.09. The van der Waals surface area contributed by atoms with Gasteiger partial charge < -0.3 is 21.1 Å². The van der Waals surface area contributed by atoms with Crippen LogP contribution < -0.4 is 26.8 Å². The summed E-state index contributed by atoms with van der Waals surface area (Å²) in [5, 5.41) is 18.1.